The van der Waals surface area contributed by atoms with Crippen molar-refractivity contribution in [1.29, 1.82) is 0 Å². The fourth-order valence-electron chi connectivity index (χ4n) is 1.56. The van der Waals surface area contributed by atoms with Crippen LogP contribution in [0.2, 0.25) is 5.02 Å². The van der Waals surface area contributed by atoms with Gasteiger partial charge in [0.05, 0.1) is 0 Å². The quantitative estimate of drug-likeness (QED) is 0.718. The van der Waals surface area contributed by atoms with E-state index in [2.05, 4.69) is 24.4 Å². The Hall–Kier alpha value is -0.570. The number of benzene rings is 1. The van der Waals surface area contributed by atoms with E-state index in [1.54, 1.807) is 0 Å². The van der Waals surface area contributed by atoms with Crippen LogP contribution < -0.4 is 5.32 Å². The van der Waals surface area contributed by atoms with E-state index in [9.17, 15) is 0 Å². The number of rotatable bonds is 8. The second kappa shape index (κ2) is 8.51. The van der Waals surface area contributed by atoms with Crippen molar-refractivity contribution in [2.45, 2.75) is 33.2 Å². The van der Waals surface area contributed by atoms with Gasteiger partial charge in [-0.1, -0.05) is 30.7 Å². The molecule has 0 unspecified atom stereocenters. The average Bonchev–Trinajstić information content (AvgIpc) is 2.30. The normalized spacial score (nSPS) is 10.8. The molecule has 0 aliphatic rings. The Morgan fingerprint density at radius 1 is 1.29 bits per heavy atom. The molecule has 1 aromatic carbocycles. The Labute approximate surface area is 109 Å². The van der Waals surface area contributed by atoms with Crippen molar-refractivity contribution < 1.29 is 4.74 Å². The largest absolute Gasteiger partial charge is 0.381 e. The Bertz CT molecular complexity index is 328. The Kier molecular flexibility index (Phi) is 7.25. The van der Waals surface area contributed by atoms with Crippen LogP contribution in [0.25, 0.3) is 0 Å². The predicted octanol–water partition coefficient (Wildman–Crippen LogP) is 3.55. The van der Waals surface area contributed by atoms with Crippen LogP contribution in [0.15, 0.2) is 18.2 Å². The molecular formula is C14H22ClNO. The molecular weight excluding hydrogens is 234 g/mol. The summed E-state index contributed by atoms with van der Waals surface area (Å²) in [5.74, 6) is 0. The lowest BCUT2D eigenvalue weighted by molar-refractivity contribution is 0.132. The zero-order valence-corrected chi connectivity index (χ0v) is 11.5. The topological polar surface area (TPSA) is 21.3 Å². The van der Waals surface area contributed by atoms with Crippen LogP contribution >= 0.6 is 11.6 Å². The summed E-state index contributed by atoms with van der Waals surface area (Å²) in [7, 11) is 0. The van der Waals surface area contributed by atoms with Crippen LogP contribution in [0, 0.1) is 6.92 Å². The summed E-state index contributed by atoms with van der Waals surface area (Å²) in [5, 5.41) is 4.22. The highest BCUT2D eigenvalue weighted by Crippen LogP contribution is 2.17. The molecule has 1 N–H and O–H groups in total. The molecule has 1 aromatic rings. The van der Waals surface area contributed by atoms with Crippen LogP contribution in [0.4, 0.5) is 0 Å². The standard InChI is InChI=1S/C14H22ClNO/c1-3-8-17-9-4-7-16-11-13-6-5-12(2)10-14(13)15/h5-6,10,16H,3-4,7-9,11H2,1-2H3. The maximum absolute atomic E-state index is 6.15. The molecule has 0 atom stereocenters. The van der Waals surface area contributed by atoms with E-state index >= 15 is 0 Å². The highest BCUT2D eigenvalue weighted by Gasteiger charge is 1.99. The Balaban J connectivity index is 2.14. The minimum atomic E-state index is 0.826. The number of hydrogen-bond acceptors (Lipinski definition) is 2. The van der Waals surface area contributed by atoms with Crippen molar-refractivity contribution >= 4 is 11.6 Å². The Morgan fingerprint density at radius 3 is 2.82 bits per heavy atom. The second-order valence-corrected chi connectivity index (χ2v) is 4.64. The molecule has 0 fully saturated rings. The fourth-order valence-corrected chi connectivity index (χ4v) is 1.87. The minimum Gasteiger partial charge on any atom is -0.381 e. The van der Waals surface area contributed by atoms with E-state index < -0.39 is 0 Å². The van der Waals surface area contributed by atoms with Crippen molar-refractivity contribution in [2.24, 2.45) is 0 Å². The summed E-state index contributed by atoms with van der Waals surface area (Å²) in [5.41, 5.74) is 2.36. The molecule has 0 heterocycles. The Morgan fingerprint density at radius 2 is 2.12 bits per heavy atom. The maximum Gasteiger partial charge on any atom is 0.0478 e. The highest BCUT2D eigenvalue weighted by atomic mass is 35.5. The molecule has 2 nitrogen and oxygen atoms in total. The van der Waals surface area contributed by atoms with Crippen LogP contribution in [-0.4, -0.2) is 19.8 Å². The molecule has 0 aliphatic carbocycles. The lowest BCUT2D eigenvalue weighted by Gasteiger charge is -2.07. The van der Waals surface area contributed by atoms with Crippen LogP contribution in [-0.2, 0) is 11.3 Å². The number of nitrogens with one attached hydrogen (secondary N) is 1. The summed E-state index contributed by atoms with van der Waals surface area (Å²) >= 11 is 6.15. The first-order valence-electron chi connectivity index (χ1n) is 6.27. The van der Waals surface area contributed by atoms with E-state index in [1.807, 2.05) is 13.0 Å². The van der Waals surface area contributed by atoms with Crippen molar-refractivity contribution in [1.82, 2.24) is 5.32 Å². The van der Waals surface area contributed by atoms with E-state index in [1.165, 1.54) is 5.56 Å². The molecule has 17 heavy (non-hydrogen) atoms. The molecule has 0 saturated heterocycles. The summed E-state index contributed by atoms with van der Waals surface area (Å²) in [6, 6.07) is 6.18. The highest BCUT2D eigenvalue weighted by molar-refractivity contribution is 6.31. The van der Waals surface area contributed by atoms with E-state index in [-0.39, 0.29) is 0 Å². The molecule has 3 heteroatoms. The van der Waals surface area contributed by atoms with Gasteiger partial charge in [0.15, 0.2) is 0 Å². The summed E-state index contributed by atoms with van der Waals surface area (Å²) < 4.78 is 5.41. The van der Waals surface area contributed by atoms with Gasteiger partial charge in [0, 0.05) is 24.8 Å². The van der Waals surface area contributed by atoms with Gasteiger partial charge in [-0.3, -0.25) is 0 Å². The number of ether oxygens (including phenoxy) is 1. The number of hydrogen-bond donors (Lipinski definition) is 1. The molecule has 0 spiro atoms. The van der Waals surface area contributed by atoms with Gasteiger partial charge in [0.25, 0.3) is 0 Å². The fraction of sp³-hybridized carbons (Fsp3) is 0.571. The number of aryl methyl sites for hydroxylation is 1. The maximum atomic E-state index is 6.15. The van der Waals surface area contributed by atoms with Crippen molar-refractivity contribution in [2.75, 3.05) is 19.8 Å². The van der Waals surface area contributed by atoms with Gasteiger partial charge in [-0.25, -0.2) is 0 Å². The molecule has 0 aromatic heterocycles. The molecule has 0 amide bonds. The summed E-state index contributed by atoms with van der Waals surface area (Å²) in [6.45, 7) is 7.67. The van der Waals surface area contributed by atoms with Gasteiger partial charge in [0.2, 0.25) is 0 Å². The zero-order valence-electron chi connectivity index (χ0n) is 10.8. The van der Waals surface area contributed by atoms with Crippen molar-refractivity contribution in [3.8, 4) is 0 Å². The summed E-state index contributed by atoms with van der Waals surface area (Å²) in [6.07, 6.45) is 2.13. The monoisotopic (exact) mass is 255 g/mol. The molecule has 0 aliphatic heterocycles. The predicted molar refractivity (Wildman–Crippen MR) is 73.6 cm³/mol. The number of halogens is 1. The molecule has 0 bridgehead atoms. The van der Waals surface area contributed by atoms with Gasteiger partial charge in [-0.05, 0) is 43.5 Å². The van der Waals surface area contributed by atoms with E-state index in [4.69, 9.17) is 16.3 Å². The first-order valence-corrected chi connectivity index (χ1v) is 6.65. The van der Waals surface area contributed by atoms with Crippen LogP contribution in [0.5, 0.6) is 0 Å². The van der Waals surface area contributed by atoms with E-state index in [0.29, 0.717) is 0 Å². The van der Waals surface area contributed by atoms with Gasteiger partial charge in [0.1, 0.15) is 0 Å². The second-order valence-electron chi connectivity index (χ2n) is 4.24. The van der Waals surface area contributed by atoms with Crippen LogP contribution in [0.3, 0.4) is 0 Å². The zero-order chi connectivity index (χ0) is 12.5. The third-order valence-electron chi connectivity index (χ3n) is 2.51. The third kappa shape index (κ3) is 6.06. The van der Waals surface area contributed by atoms with Gasteiger partial charge in [-0.15, -0.1) is 0 Å². The molecule has 0 radical (unpaired) electrons. The van der Waals surface area contributed by atoms with Crippen molar-refractivity contribution in [3.63, 3.8) is 0 Å². The minimum absolute atomic E-state index is 0.826. The first kappa shape index (κ1) is 14.5. The average molecular weight is 256 g/mol. The van der Waals surface area contributed by atoms with Gasteiger partial charge >= 0.3 is 0 Å². The lowest BCUT2D eigenvalue weighted by atomic mass is 10.1. The lowest BCUT2D eigenvalue weighted by Crippen LogP contribution is -2.16. The third-order valence-corrected chi connectivity index (χ3v) is 2.87. The van der Waals surface area contributed by atoms with Gasteiger partial charge < -0.3 is 10.1 Å². The molecule has 96 valence electrons. The summed E-state index contributed by atoms with van der Waals surface area (Å²) in [4.78, 5) is 0. The van der Waals surface area contributed by atoms with E-state index in [0.717, 1.165) is 49.7 Å². The smallest absolute Gasteiger partial charge is 0.0478 e. The molecule has 1 rings (SSSR count). The van der Waals surface area contributed by atoms with Gasteiger partial charge in [-0.2, -0.15) is 0 Å². The first-order chi connectivity index (χ1) is 8.24. The van der Waals surface area contributed by atoms with Crippen LogP contribution in [0.1, 0.15) is 30.9 Å². The SMILES string of the molecule is CCCOCCCNCc1ccc(C)cc1Cl. The van der Waals surface area contributed by atoms with Crippen molar-refractivity contribution in [3.05, 3.63) is 34.3 Å². The molecule has 0 saturated carbocycles.